The number of fused-ring (bicyclic) bond motifs is 1. The van der Waals surface area contributed by atoms with Crippen molar-refractivity contribution in [3.63, 3.8) is 0 Å². The molecule has 0 spiro atoms. The Labute approximate surface area is 190 Å². The van der Waals surface area contributed by atoms with E-state index in [0.29, 0.717) is 11.1 Å². The van der Waals surface area contributed by atoms with Crippen molar-refractivity contribution in [1.29, 1.82) is 0 Å². The first-order valence-corrected chi connectivity index (χ1v) is 11.1. The molecule has 0 atom stereocenters. The molecule has 1 heterocycles. The van der Waals surface area contributed by atoms with Gasteiger partial charge in [-0.2, -0.15) is 0 Å². The van der Waals surface area contributed by atoms with Crippen LogP contribution in [0, 0.1) is 6.92 Å². The number of rotatable bonds is 8. The summed E-state index contributed by atoms with van der Waals surface area (Å²) in [4.78, 5) is 12.4. The van der Waals surface area contributed by atoms with Crippen LogP contribution in [-0.4, -0.2) is 21.9 Å². The number of carboxylic acid groups (broad SMARTS) is 1. The quantitative estimate of drug-likeness (QED) is 0.297. The molecule has 0 bridgehead atoms. The van der Waals surface area contributed by atoms with Gasteiger partial charge in [-0.3, -0.25) is 0 Å². The van der Waals surface area contributed by atoms with Crippen molar-refractivity contribution in [2.24, 2.45) is 0 Å². The Morgan fingerprint density at radius 2 is 1.81 bits per heavy atom. The Balaban J connectivity index is 1.58. The van der Waals surface area contributed by atoms with Crippen LogP contribution in [0.25, 0.3) is 11.0 Å². The smallest absolute Gasteiger partial charge is 0.372 e. The van der Waals surface area contributed by atoms with Crippen molar-refractivity contribution in [3.8, 4) is 0 Å². The van der Waals surface area contributed by atoms with Crippen LogP contribution in [0.2, 0.25) is 5.02 Å². The number of halogens is 1. The van der Waals surface area contributed by atoms with Gasteiger partial charge in [0.15, 0.2) is 0 Å². The highest BCUT2D eigenvalue weighted by Gasteiger charge is 2.17. The van der Waals surface area contributed by atoms with E-state index in [4.69, 9.17) is 16.0 Å². The van der Waals surface area contributed by atoms with Gasteiger partial charge in [0.2, 0.25) is 5.76 Å². The number of aromatic carboxylic acids is 1. The van der Waals surface area contributed by atoms with E-state index in [2.05, 4.69) is 34.6 Å². The Morgan fingerprint density at radius 1 is 1.03 bits per heavy atom. The van der Waals surface area contributed by atoms with E-state index in [0.717, 1.165) is 40.4 Å². The Kier molecular flexibility index (Phi) is 6.66. The number of hydrogen-bond donors (Lipinski definition) is 1. The molecule has 0 fully saturated rings. The molecular weight excluding hydrogens is 430 g/mol. The lowest BCUT2D eigenvalue weighted by Crippen LogP contribution is -2.18. The van der Waals surface area contributed by atoms with E-state index in [1.54, 1.807) is 18.9 Å². The average Bonchev–Trinajstić information content (AvgIpc) is 3.09. The standard InChI is InChI=1S/C25H22ClNO3S/c1-17-22-15-21(10-11-23(22)30-24(17)25(28)29)31-27(13-12-18-6-3-2-4-7-18)16-19-8-5-9-20(26)14-19/h2-11,14-15H,12-13,16H2,1H3,(H,28,29). The van der Waals surface area contributed by atoms with Crippen LogP contribution in [-0.2, 0) is 13.0 Å². The number of furan rings is 1. The number of aryl methyl sites for hydroxylation is 1. The van der Waals surface area contributed by atoms with E-state index < -0.39 is 5.97 Å². The molecule has 4 nitrogen and oxygen atoms in total. The number of hydrogen-bond acceptors (Lipinski definition) is 4. The Hall–Kier alpha value is -2.73. The van der Waals surface area contributed by atoms with E-state index in [1.165, 1.54) is 5.56 Å². The fraction of sp³-hybridized carbons (Fsp3) is 0.160. The predicted octanol–water partition coefficient (Wildman–Crippen LogP) is 6.84. The molecule has 1 N–H and O–H groups in total. The third-order valence-electron chi connectivity index (χ3n) is 5.08. The Morgan fingerprint density at radius 3 is 2.55 bits per heavy atom. The van der Waals surface area contributed by atoms with Gasteiger partial charge in [-0.15, -0.1) is 0 Å². The first kappa shape index (κ1) is 21.5. The van der Waals surface area contributed by atoms with Gasteiger partial charge in [0.25, 0.3) is 0 Å². The van der Waals surface area contributed by atoms with E-state index in [1.807, 2.05) is 42.5 Å². The minimum absolute atomic E-state index is 0.00277. The first-order chi connectivity index (χ1) is 15.0. The molecule has 0 saturated carbocycles. The summed E-state index contributed by atoms with van der Waals surface area (Å²) in [5, 5.41) is 10.9. The molecule has 0 aliphatic rings. The number of carbonyl (C=O) groups is 1. The predicted molar refractivity (Wildman–Crippen MR) is 126 cm³/mol. The van der Waals surface area contributed by atoms with Crippen LogP contribution in [0.3, 0.4) is 0 Å². The SMILES string of the molecule is Cc1c(C(=O)O)oc2ccc(SN(CCc3ccccc3)Cc3cccc(Cl)c3)cc12. The summed E-state index contributed by atoms with van der Waals surface area (Å²) >= 11 is 7.84. The lowest BCUT2D eigenvalue weighted by Gasteiger charge is -2.21. The molecule has 0 unspecified atom stereocenters. The highest BCUT2D eigenvalue weighted by atomic mass is 35.5. The van der Waals surface area contributed by atoms with Crippen molar-refractivity contribution in [3.05, 3.63) is 100 Å². The average molecular weight is 452 g/mol. The van der Waals surface area contributed by atoms with Gasteiger partial charge in [0, 0.05) is 34.0 Å². The van der Waals surface area contributed by atoms with Gasteiger partial charge < -0.3 is 9.52 Å². The monoisotopic (exact) mass is 451 g/mol. The minimum atomic E-state index is -1.05. The molecule has 31 heavy (non-hydrogen) atoms. The zero-order valence-electron chi connectivity index (χ0n) is 17.0. The maximum absolute atomic E-state index is 11.4. The number of nitrogens with zero attached hydrogens (tertiary/aromatic N) is 1. The third-order valence-corrected chi connectivity index (χ3v) is 6.35. The van der Waals surface area contributed by atoms with Gasteiger partial charge in [-0.1, -0.05) is 54.1 Å². The van der Waals surface area contributed by atoms with Crippen LogP contribution < -0.4 is 0 Å². The molecule has 0 saturated heterocycles. The fourth-order valence-corrected chi connectivity index (χ4v) is 4.71. The molecule has 0 amide bonds. The van der Waals surface area contributed by atoms with E-state index in [9.17, 15) is 9.90 Å². The summed E-state index contributed by atoms with van der Waals surface area (Å²) in [5.41, 5.74) is 3.66. The molecular formula is C25H22ClNO3S. The zero-order chi connectivity index (χ0) is 21.8. The summed E-state index contributed by atoms with van der Waals surface area (Å²) in [6.45, 7) is 3.37. The minimum Gasteiger partial charge on any atom is -0.475 e. The zero-order valence-corrected chi connectivity index (χ0v) is 18.6. The van der Waals surface area contributed by atoms with Crippen molar-refractivity contribution < 1.29 is 14.3 Å². The summed E-state index contributed by atoms with van der Waals surface area (Å²) in [6, 6.07) is 24.1. The van der Waals surface area contributed by atoms with Gasteiger partial charge >= 0.3 is 5.97 Å². The van der Waals surface area contributed by atoms with Gasteiger partial charge in [-0.05, 0) is 66.8 Å². The van der Waals surface area contributed by atoms with Gasteiger partial charge in [-0.25, -0.2) is 9.10 Å². The largest absolute Gasteiger partial charge is 0.475 e. The van der Waals surface area contributed by atoms with Crippen LogP contribution in [0.15, 0.2) is 82.1 Å². The van der Waals surface area contributed by atoms with Crippen molar-refractivity contribution in [2.75, 3.05) is 6.54 Å². The number of benzene rings is 3. The normalized spacial score (nSPS) is 11.3. The van der Waals surface area contributed by atoms with Gasteiger partial charge in [0.1, 0.15) is 5.58 Å². The summed E-state index contributed by atoms with van der Waals surface area (Å²) in [7, 11) is 0. The summed E-state index contributed by atoms with van der Waals surface area (Å²) < 4.78 is 7.80. The topological polar surface area (TPSA) is 53.7 Å². The van der Waals surface area contributed by atoms with Crippen LogP contribution in [0.1, 0.15) is 27.2 Å². The summed E-state index contributed by atoms with van der Waals surface area (Å²) in [6.07, 6.45) is 0.921. The van der Waals surface area contributed by atoms with Crippen molar-refractivity contribution in [1.82, 2.24) is 4.31 Å². The third kappa shape index (κ3) is 5.31. The molecule has 0 radical (unpaired) electrons. The lowest BCUT2D eigenvalue weighted by molar-refractivity contribution is 0.0664. The maximum Gasteiger partial charge on any atom is 0.372 e. The number of carboxylic acids is 1. The van der Waals surface area contributed by atoms with Crippen molar-refractivity contribution >= 4 is 40.5 Å². The maximum atomic E-state index is 11.4. The Bertz CT molecular complexity index is 1210. The summed E-state index contributed by atoms with van der Waals surface area (Å²) in [5.74, 6) is -1.05. The second-order valence-electron chi connectivity index (χ2n) is 7.34. The molecule has 4 aromatic rings. The second kappa shape index (κ2) is 9.60. The highest BCUT2D eigenvalue weighted by Crippen LogP contribution is 2.32. The van der Waals surface area contributed by atoms with Crippen LogP contribution in [0.4, 0.5) is 0 Å². The molecule has 6 heteroatoms. The van der Waals surface area contributed by atoms with Gasteiger partial charge in [0.05, 0.1) is 0 Å². The molecule has 0 aliphatic carbocycles. The first-order valence-electron chi connectivity index (χ1n) is 9.97. The van der Waals surface area contributed by atoms with Crippen LogP contribution in [0.5, 0.6) is 0 Å². The van der Waals surface area contributed by atoms with E-state index in [-0.39, 0.29) is 5.76 Å². The van der Waals surface area contributed by atoms with E-state index >= 15 is 0 Å². The molecule has 3 aromatic carbocycles. The highest BCUT2D eigenvalue weighted by molar-refractivity contribution is 7.97. The molecule has 4 rings (SSSR count). The molecule has 158 valence electrons. The van der Waals surface area contributed by atoms with Crippen LogP contribution >= 0.6 is 23.5 Å². The molecule has 0 aliphatic heterocycles. The lowest BCUT2D eigenvalue weighted by atomic mass is 10.1. The second-order valence-corrected chi connectivity index (χ2v) is 8.95. The molecule has 1 aromatic heterocycles. The van der Waals surface area contributed by atoms with Crippen molar-refractivity contribution in [2.45, 2.75) is 24.8 Å². The fourth-order valence-electron chi connectivity index (χ4n) is 3.50.